The predicted octanol–water partition coefficient (Wildman–Crippen LogP) is 7.91. The van der Waals surface area contributed by atoms with Crippen LogP contribution in [-0.2, 0) is 12.4 Å². The molecule has 0 N–H and O–H groups in total. The van der Waals surface area contributed by atoms with Crippen LogP contribution >= 0.6 is 34.9 Å². The Morgan fingerprint density at radius 2 is 0.885 bits per heavy atom. The zero-order chi connectivity index (χ0) is 19.1. The predicted molar refractivity (Wildman–Crippen MR) is 93.9 cm³/mol. The molecule has 0 aliphatic heterocycles. The Morgan fingerprint density at radius 1 is 0.577 bits per heavy atom. The van der Waals surface area contributed by atoms with E-state index in [1.807, 2.05) is 0 Å². The molecule has 0 radical (unpaired) electrons. The number of halogens is 6. The van der Waals surface area contributed by atoms with E-state index in [0.717, 1.165) is 24.3 Å². The van der Waals surface area contributed by atoms with Gasteiger partial charge in [0.25, 0.3) is 0 Å². The number of rotatable bonds is 2. The quantitative estimate of drug-likeness (QED) is 0.299. The lowest BCUT2D eigenvalue weighted by Crippen LogP contribution is -2.04. The van der Waals surface area contributed by atoms with Crippen molar-refractivity contribution in [1.29, 1.82) is 0 Å². The van der Waals surface area contributed by atoms with Crippen molar-refractivity contribution in [1.82, 2.24) is 0 Å². The van der Waals surface area contributed by atoms with E-state index in [0.29, 0.717) is 24.0 Å². The second-order valence-electron chi connectivity index (χ2n) is 5.26. The molecule has 26 heavy (non-hydrogen) atoms. The molecule has 0 spiro atoms. The summed E-state index contributed by atoms with van der Waals surface area (Å²) in [7, 11) is 0. The van der Waals surface area contributed by atoms with E-state index in [1.54, 1.807) is 0 Å². The summed E-state index contributed by atoms with van der Waals surface area (Å²) in [5.41, 5.74) is -0.470. The number of alkyl halides is 6. The molecule has 136 valence electrons. The zero-order valence-corrected chi connectivity index (χ0v) is 15.1. The summed E-state index contributed by atoms with van der Waals surface area (Å²) in [6.07, 6.45) is -8.87. The minimum absolute atomic E-state index is 0.533. The highest BCUT2D eigenvalue weighted by atomic mass is 32.2. The lowest BCUT2D eigenvalue weighted by atomic mass is 10.1. The van der Waals surface area contributed by atoms with Crippen LogP contribution in [0.25, 0.3) is 20.9 Å². The molecule has 0 unspecified atom stereocenters. The van der Waals surface area contributed by atoms with Crippen molar-refractivity contribution in [3.8, 4) is 20.9 Å². The van der Waals surface area contributed by atoms with Gasteiger partial charge < -0.3 is 0 Å². The Labute approximate surface area is 157 Å². The maximum Gasteiger partial charge on any atom is 0.416 e. The van der Waals surface area contributed by atoms with Crippen LogP contribution in [0.2, 0.25) is 0 Å². The van der Waals surface area contributed by atoms with E-state index in [9.17, 15) is 26.3 Å². The van der Waals surface area contributed by atoms with Crippen LogP contribution < -0.4 is 0 Å². The summed E-state index contributed by atoms with van der Waals surface area (Å²) in [6, 6.07) is 9.23. The Hall–Kier alpha value is -1.71. The third kappa shape index (κ3) is 3.99. The van der Waals surface area contributed by atoms with Crippen molar-refractivity contribution in [3.05, 3.63) is 62.8 Å². The van der Waals surface area contributed by atoms with Crippen molar-refractivity contribution in [3.63, 3.8) is 0 Å². The number of hydrogen-bond donors (Lipinski definition) is 0. The zero-order valence-electron chi connectivity index (χ0n) is 12.6. The van der Waals surface area contributed by atoms with E-state index in [2.05, 4.69) is 0 Å². The molecular formula is C17H8F6S3. The molecule has 0 aliphatic rings. The fourth-order valence-corrected chi connectivity index (χ4v) is 4.96. The standard InChI is InChI=1S/C17H8F6S3/c18-16(19,20)11-5-1-9(2-6-11)13-14(26-15(24)25-13)10-3-7-12(8-4-10)17(21,22)23/h1-8H. The van der Waals surface area contributed by atoms with Crippen molar-refractivity contribution < 1.29 is 26.3 Å². The highest BCUT2D eigenvalue weighted by Crippen LogP contribution is 2.43. The summed E-state index contributed by atoms with van der Waals surface area (Å²) in [5, 5.41) is 0. The molecule has 9 heteroatoms. The van der Waals surface area contributed by atoms with Gasteiger partial charge in [-0.15, -0.1) is 22.7 Å². The topological polar surface area (TPSA) is 0 Å². The second kappa shape index (κ2) is 6.79. The summed E-state index contributed by atoms with van der Waals surface area (Å²) in [5.74, 6) is 0. The molecule has 0 atom stereocenters. The van der Waals surface area contributed by atoms with Gasteiger partial charge in [0.05, 0.1) is 20.9 Å². The van der Waals surface area contributed by atoms with Crippen LogP contribution in [0.4, 0.5) is 26.3 Å². The smallest absolute Gasteiger partial charge is 0.166 e. The third-order valence-electron chi connectivity index (χ3n) is 3.53. The molecule has 0 aliphatic carbocycles. The molecular weight excluding hydrogens is 414 g/mol. The highest BCUT2D eigenvalue weighted by Gasteiger charge is 2.31. The van der Waals surface area contributed by atoms with Crippen molar-refractivity contribution in [2.75, 3.05) is 0 Å². The van der Waals surface area contributed by atoms with Gasteiger partial charge in [-0.25, -0.2) is 0 Å². The van der Waals surface area contributed by atoms with Crippen molar-refractivity contribution in [2.24, 2.45) is 0 Å². The SMILES string of the molecule is FC(F)(F)c1ccc(-c2sc(=S)sc2-c2ccc(C(F)(F)F)cc2)cc1. The molecule has 3 aromatic rings. The first-order valence-corrected chi connectivity index (χ1v) is 9.09. The van der Waals surface area contributed by atoms with Crippen LogP contribution in [-0.4, -0.2) is 0 Å². The number of benzene rings is 2. The Morgan fingerprint density at radius 3 is 1.15 bits per heavy atom. The average Bonchev–Trinajstić information content (AvgIpc) is 2.95. The Balaban J connectivity index is 2.03. The van der Waals surface area contributed by atoms with Gasteiger partial charge >= 0.3 is 12.4 Å². The summed E-state index contributed by atoms with van der Waals surface area (Å²) in [4.78, 5) is 1.27. The van der Waals surface area contributed by atoms with Gasteiger partial charge in [0.15, 0.2) is 0 Å². The lowest BCUT2D eigenvalue weighted by Gasteiger charge is -2.09. The second-order valence-corrected chi connectivity index (χ2v) is 8.49. The maximum absolute atomic E-state index is 12.7. The average molecular weight is 422 g/mol. The van der Waals surface area contributed by atoms with E-state index in [1.165, 1.54) is 46.9 Å². The van der Waals surface area contributed by atoms with Crippen LogP contribution in [0.3, 0.4) is 0 Å². The van der Waals surface area contributed by atoms with E-state index >= 15 is 0 Å². The lowest BCUT2D eigenvalue weighted by molar-refractivity contribution is -0.138. The van der Waals surface area contributed by atoms with Crippen LogP contribution in [0.1, 0.15) is 11.1 Å². The van der Waals surface area contributed by atoms with Gasteiger partial charge in [0.1, 0.15) is 3.14 Å². The summed E-state index contributed by atoms with van der Waals surface area (Å²) >= 11 is 7.60. The molecule has 0 nitrogen and oxygen atoms in total. The van der Waals surface area contributed by atoms with Crippen LogP contribution in [0.5, 0.6) is 0 Å². The molecule has 1 heterocycles. The fourth-order valence-electron chi connectivity index (χ4n) is 2.28. The monoisotopic (exact) mass is 422 g/mol. The molecule has 0 saturated heterocycles. The van der Waals surface area contributed by atoms with Gasteiger partial charge in [-0.3, -0.25) is 0 Å². The minimum Gasteiger partial charge on any atom is -0.166 e. The van der Waals surface area contributed by atoms with E-state index < -0.39 is 23.5 Å². The Bertz CT molecular complexity index is 882. The van der Waals surface area contributed by atoms with Gasteiger partial charge in [0.2, 0.25) is 0 Å². The van der Waals surface area contributed by atoms with Crippen molar-refractivity contribution >= 4 is 34.9 Å². The highest BCUT2D eigenvalue weighted by molar-refractivity contribution is 7.76. The molecule has 0 bridgehead atoms. The van der Waals surface area contributed by atoms with Gasteiger partial charge in [-0.2, -0.15) is 26.3 Å². The minimum atomic E-state index is -4.43. The van der Waals surface area contributed by atoms with Crippen LogP contribution in [0.15, 0.2) is 48.5 Å². The molecule has 1 aromatic heterocycles. The normalized spacial score (nSPS) is 12.4. The molecule has 0 amide bonds. The van der Waals surface area contributed by atoms with Gasteiger partial charge in [0, 0.05) is 0 Å². The third-order valence-corrected chi connectivity index (χ3v) is 6.28. The Kier molecular flexibility index (Phi) is 4.98. The van der Waals surface area contributed by atoms with Crippen molar-refractivity contribution in [2.45, 2.75) is 12.4 Å². The largest absolute Gasteiger partial charge is 0.416 e. The first kappa shape index (κ1) is 19.1. The molecule has 0 saturated carbocycles. The number of hydrogen-bond acceptors (Lipinski definition) is 3. The van der Waals surface area contributed by atoms with Crippen LogP contribution in [0, 0.1) is 3.14 Å². The first-order valence-electron chi connectivity index (χ1n) is 7.05. The molecule has 0 fully saturated rings. The van der Waals surface area contributed by atoms with Gasteiger partial charge in [-0.05, 0) is 35.4 Å². The molecule has 3 rings (SSSR count). The maximum atomic E-state index is 12.7. The summed E-state index contributed by atoms with van der Waals surface area (Å²) in [6.45, 7) is 0. The molecule has 2 aromatic carbocycles. The first-order chi connectivity index (χ1) is 12.1. The van der Waals surface area contributed by atoms with E-state index in [-0.39, 0.29) is 0 Å². The summed E-state index contributed by atoms with van der Waals surface area (Å²) < 4.78 is 76.7. The fraction of sp³-hybridized carbons (Fsp3) is 0.118. The van der Waals surface area contributed by atoms with E-state index in [4.69, 9.17) is 12.2 Å². The van der Waals surface area contributed by atoms with Gasteiger partial charge in [-0.1, -0.05) is 36.5 Å².